The highest BCUT2D eigenvalue weighted by Gasteiger charge is 2.43. The third kappa shape index (κ3) is 5.50. The van der Waals surface area contributed by atoms with Crippen LogP contribution >= 0.6 is 11.8 Å². The fraction of sp³-hybridized carbons (Fsp3) is 0.343. The highest BCUT2D eigenvalue weighted by Crippen LogP contribution is 2.48. The van der Waals surface area contributed by atoms with E-state index >= 15 is 0 Å². The standard InChI is InChI=1S/C35H37N3O2S/c1-2-22-38-33(40)30-32(28-19-11-10-18-27(28)23-35(30)20-12-5-13-21-35)37-34(38)41-24-29(39)36-31(25-14-6-3-7-15-25)26-16-8-4-9-17-26/h3-4,6-11,14-19,31H,2,5,12-13,20-24H2,1H3,(H,36,39). The summed E-state index contributed by atoms with van der Waals surface area (Å²) < 4.78 is 1.84. The molecule has 0 atom stereocenters. The first-order valence-corrected chi connectivity index (χ1v) is 15.8. The van der Waals surface area contributed by atoms with E-state index in [0.717, 1.165) is 66.5 Å². The van der Waals surface area contributed by atoms with Crippen LogP contribution in [0.5, 0.6) is 0 Å². The molecule has 2 aliphatic carbocycles. The van der Waals surface area contributed by atoms with E-state index in [4.69, 9.17) is 4.98 Å². The van der Waals surface area contributed by atoms with Gasteiger partial charge in [-0.1, -0.05) is 123 Å². The van der Waals surface area contributed by atoms with Crippen molar-refractivity contribution in [1.29, 1.82) is 0 Å². The molecule has 4 aromatic rings. The molecule has 1 aromatic heterocycles. The predicted molar refractivity (Wildman–Crippen MR) is 166 cm³/mol. The van der Waals surface area contributed by atoms with Crippen LogP contribution in [0.2, 0.25) is 0 Å². The van der Waals surface area contributed by atoms with Crippen molar-refractivity contribution >= 4 is 17.7 Å². The van der Waals surface area contributed by atoms with Gasteiger partial charge in [0.2, 0.25) is 5.91 Å². The molecule has 1 heterocycles. The Bertz CT molecular complexity index is 1540. The van der Waals surface area contributed by atoms with E-state index < -0.39 is 0 Å². The van der Waals surface area contributed by atoms with Gasteiger partial charge >= 0.3 is 0 Å². The lowest BCUT2D eigenvalue weighted by atomic mass is 9.62. The van der Waals surface area contributed by atoms with Gasteiger partial charge in [0.1, 0.15) is 0 Å². The topological polar surface area (TPSA) is 64.0 Å². The maximum Gasteiger partial charge on any atom is 0.258 e. The summed E-state index contributed by atoms with van der Waals surface area (Å²) >= 11 is 1.36. The maximum atomic E-state index is 14.3. The molecule has 3 aromatic carbocycles. The number of hydrogen-bond donors (Lipinski definition) is 1. The molecule has 1 amide bonds. The second-order valence-corrected chi connectivity index (χ2v) is 12.3. The Morgan fingerprint density at radius 2 is 1.56 bits per heavy atom. The van der Waals surface area contributed by atoms with Gasteiger partial charge in [0, 0.05) is 17.5 Å². The number of hydrogen-bond acceptors (Lipinski definition) is 4. The van der Waals surface area contributed by atoms with Crippen LogP contribution in [0.3, 0.4) is 0 Å². The second-order valence-electron chi connectivity index (χ2n) is 11.4. The zero-order valence-electron chi connectivity index (χ0n) is 23.6. The number of aromatic nitrogens is 2. The predicted octanol–water partition coefficient (Wildman–Crippen LogP) is 7.08. The van der Waals surface area contributed by atoms with Gasteiger partial charge in [-0.25, -0.2) is 4.98 Å². The lowest BCUT2D eigenvalue weighted by Gasteiger charge is -2.42. The Labute approximate surface area is 246 Å². The molecule has 5 nitrogen and oxygen atoms in total. The number of nitrogens with zero attached hydrogens (tertiary/aromatic N) is 2. The first kappa shape index (κ1) is 27.5. The van der Waals surface area contributed by atoms with Crippen molar-refractivity contribution in [2.24, 2.45) is 0 Å². The molecule has 0 bridgehead atoms. The van der Waals surface area contributed by atoms with E-state index in [2.05, 4.69) is 30.4 Å². The Morgan fingerprint density at radius 1 is 0.927 bits per heavy atom. The molecule has 0 saturated heterocycles. The van der Waals surface area contributed by atoms with Crippen molar-refractivity contribution < 1.29 is 4.79 Å². The lowest BCUT2D eigenvalue weighted by Crippen LogP contribution is -2.43. The van der Waals surface area contributed by atoms with Crippen molar-refractivity contribution in [2.45, 2.75) is 75.0 Å². The van der Waals surface area contributed by atoms with Crippen molar-refractivity contribution in [3.8, 4) is 11.3 Å². The summed E-state index contributed by atoms with van der Waals surface area (Å²) in [5.41, 5.74) is 6.10. The Balaban J connectivity index is 1.33. The van der Waals surface area contributed by atoms with Crippen molar-refractivity contribution in [3.05, 3.63) is 118 Å². The van der Waals surface area contributed by atoms with Gasteiger partial charge in [-0.2, -0.15) is 0 Å². The highest BCUT2D eigenvalue weighted by atomic mass is 32.2. The van der Waals surface area contributed by atoms with Gasteiger partial charge in [0.25, 0.3) is 5.56 Å². The molecular formula is C35H37N3O2S. The normalized spacial score (nSPS) is 15.4. The van der Waals surface area contributed by atoms with E-state index in [9.17, 15) is 9.59 Å². The largest absolute Gasteiger partial charge is 0.344 e. The molecule has 41 heavy (non-hydrogen) atoms. The molecule has 6 heteroatoms. The molecule has 0 radical (unpaired) electrons. The first-order valence-electron chi connectivity index (χ1n) is 14.9. The quantitative estimate of drug-likeness (QED) is 0.184. The second kappa shape index (κ2) is 12.1. The minimum atomic E-state index is -0.252. The van der Waals surface area contributed by atoms with Gasteiger partial charge < -0.3 is 5.32 Å². The zero-order chi connectivity index (χ0) is 28.2. The van der Waals surface area contributed by atoms with Crippen LogP contribution in [0.25, 0.3) is 11.3 Å². The van der Waals surface area contributed by atoms with Gasteiger partial charge in [-0.05, 0) is 42.4 Å². The molecule has 6 rings (SSSR count). The van der Waals surface area contributed by atoms with E-state index in [1.54, 1.807) is 0 Å². The summed E-state index contributed by atoms with van der Waals surface area (Å²) in [6, 6.07) is 28.2. The Hall–Kier alpha value is -3.64. The average molecular weight is 564 g/mol. The summed E-state index contributed by atoms with van der Waals surface area (Å²) in [5, 5.41) is 3.86. The molecule has 1 fully saturated rings. The molecule has 2 aliphatic rings. The molecule has 0 unspecified atom stereocenters. The number of benzene rings is 3. The first-order chi connectivity index (χ1) is 20.1. The molecule has 1 saturated carbocycles. The molecular weight excluding hydrogens is 526 g/mol. The smallest absolute Gasteiger partial charge is 0.258 e. The maximum absolute atomic E-state index is 14.3. The van der Waals surface area contributed by atoms with Crippen molar-refractivity contribution in [1.82, 2.24) is 14.9 Å². The van der Waals surface area contributed by atoms with Crippen LogP contribution in [-0.4, -0.2) is 21.2 Å². The summed E-state index contributed by atoms with van der Waals surface area (Å²) in [4.78, 5) is 32.9. The Morgan fingerprint density at radius 3 is 2.22 bits per heavy atom. The van der Waals surface area contributed by atoms with Crippen LogP contribution in [0.4, 0.5) is 0 Å². The van der Waals surface area contributed by atoms with Gasteiger partial charge in [-0.3, -0.25) is 14.2 Å². The number of amides is 1. The van der Waals surface area contributed by atoms with Crippen LogP contribution < -0.4 is 10.9 Å². The average Bonchev–Trinajstić information content (AvgIpc) is 3.01. The minimum Gasteiger partial charge on any atom is -0.344 e. The van der Waals surface area contributed by atoms with Crippen LogP contribution in [-0.2, 0) is 23.2 Å². The monoisotopic (exact) mass is 563 g/mol. The van der Waals surface area contributed by atoms with E-state index in [-0.39, 0.29) is 28.7 Å². The zero-order valence-corrected chi connectivity index (χ0v) is 24.5. The highest BCUT2D eigenvalue weighted by molar-refractivity contribution is 7.99. The number of rotatable bonds is 8. The molecule has 210 valence electrons. The number of fused-ring (bicyclic) bond motifs is 4. The van der Waals surface area contributed by atoms with E-state index in [1.807, 2.05) is 71.3 Å². The van der Waals surface area contributed by atoms with Crippen LogP contribution in [0.1, 0.15) is 73.7 Å². The number of thioether (sulfide) groups is 1. The number of carbonyl (C=O) groups is 1. The van der Waals surface area contributed by atoms with Crippen LogP contribution in [0.15, 0.2) is 94.9 Å². The minimum absolute atomic E-state index is 0.0857. The Kier molecular flexibility index (Phi) is 8.11. The fourth-order valence-electron chi connectivity index (χ4n) is 6.74. The fourth-order valence-corrected chi connectivity index (χ4v) is 7.56. The van der Waals surface area contributed by atoms with Gasteiger partial charge in [-0.15, -0.1) is 0 Å². The van der Waals surface area contributed by atoms with E-state index in [0.29, 0.717) is 11.7 Å². The number of nitrogens with one attached hydrogen (secondary N) is 1. The molecule has 1 spiro atoms. The molecule has 0 aliphatic heterocycles. The number of carbonyl (C=O) groups excluding carboxylic acids is 1. The molecule has 1 N–H and O–H groups in total. The third-order valence-electron chi connectivity index (χ3n) is 8.63. The summed E-state index contributed by atoms with van der Waals surface area (Å²) in [6.07, 6.45) is 7.33. The SMILES string of the molecule is CCCn1c(SCC(=O)NC(c2ccccc2)c2ccccc2)nc2c(c1=O)C1(CCCCC1)Cc1ccccc1-2. The van der Waals surface area contributed by atoms with E-state index in [1.165, 1.54) is 23.7 Å². The van der Waals surface area contributed by atoms with Crippen molar-refractivity contribution in [3.63, 3.8) is 0 Å². The van der Waals surface area contributed by atoms with Crippen LogP contribution in [0, 0.1) is 0 Å². The summed E-state index contributed by atoms with van der Waals surface area (Å²) in [5.74, 6) is 0.0876. The van der Waals surface area contributed by atoms with Crippen molar-refractivity contribution in [2.75, 3.05) is 5.75 Å². The van der Waals surface area contributed by atoms with Gasteiger partial charge in [0.05, 0.1) is 23.1 Å². The summed E-state index contributed by atoms with van der Waals surface area (Å²) in [6.45, 7) is 2.68. The van der Waals surface area contributed by atoms with Gasteiger partial charge in [0.15, 0.2) is 5.16 Å². The summed E-state index contributed by atoms with van der Waals surface area (Å²) in [7, 11) is 0. The lowest BCUT2D eigenvalue weighted by molar-refractivity contribution is -0.119. The third-order valence-corrected chi connectivity index (χ3v) is 9.60.